The zero-order valence-corrected chi connectivity index (χ0v) is 12.4. The van der Waals surface area contributed by atoms with Crippen molar-refractivity contribution >= 4 is 28.6 Å². The average molecular weight is 309 g/mol. The first-order valence-electron chi connectivity index (χ1n) is 6.95. The van der Waals surface area contributed by atoms with Gasteiger partial charge in [-0.3, -0.25) is 9.89 Å². The first-order chi connectivity index (χ1) is 11.2. The Kier molecular flexibility index (Phi) is 3.97. The molecule has 3 rings (SSSR count). The minimum absolute atomic E-state index is 0.0282. The van der Waals surface area contributed by atoms with Crippen LogP contribution in [0.2, 0.25) is 0 Å². The van der Waals surface area contributed by atoms with Gasteiger partial charge in [-0.25, -0.2) is 0 Å². The highest BCUT2D eigenvalue weighted by atomic mass is 16.5. The highest BCUT2D eigenvalue weighted by molar-refractivity contribution is 6.02. The summed E-state index contributed by atoms with van der Waals surface area (Å²) in [5.41, 5.74) is 2.29. The molecule has 0 unspecified atom stereocenters. The van der Waals surface area contributed by atoms with Crippen LogP contribution < -0.4 is 10.1 Å². The van der Waals surface area contributed by atoms with Gasteiger partial charge in [-0.05, 0) is 42.0 Å². The second-order valence-electron chi connectivity index (χ2n) is 4.93. The summed E-state index contributed by atoms with van der Waals surface area (Å²) in [7, 11) is 1.48. The number of nitrogens with one attached hydrogen (secondary N) is 2. The van der Waals surface area contributed by atoms with Crippen molar-refractivity contribution in [3.05, 3.63) is 54.2 Å². The van der Waals surface area contributed by atoms with Gasteiger partial charge in [0, 0.05) is 17.1 Å². The summed E-state index contributed by atoms with van der Waals surface area (Å²) in [6, 6.07) is 10.4. The molecule has 1 heterocycles. The zero-order chi connectivity index (χ0) is 16.2. The number of rotatable bonds is 4. The van der Waals surface area contributed by atoms with Crippen molar-refractivity contribution in [2.45, 2.75) is 0 Å². The molecule has 3 N–H and O–H groups in total. The molecule has 0 atom stereocenters. The van der Waals surface area contributed by atoms with E-state index >= 15 is 0 Å². The minimum Gasteiger partial charge on any atom is -0.504 e. The number of anilines is 1. The van der Waals surface area contributed by atoms with Gasteiger partial charge >= 0.3 is 0 Å². The predicted octanol–water partition coefficient (Wildman–Crippen LogP) is 2.93. The molecule has 0 bridgehead atoms. The average Bonchev–Trinajstić information content (AvgIpc) is 3.01. The molecule has 1 aromatic heterocycles. The van der Waals surface area contributed by atoms with Crippen LogP contribution in [0.3, 0.4) is 0 Å². The standard InChI is InChI=1S/C17H15N3O3/c1-23-16-6-2-11(8-15(16)21)3-7-17(22)19-13-4-5-14-12(9-13)10-18-20-14/h2-10,21H,1H3,(H,18,20)(H,19,22)/b7-3+. The quantitative estimate of drug-likeness (QED) is 0.647. The first kappa shape index (κ1) is 14.6. The molecular weight excluding hydrogens is 294 g/mol. The summed E-state index contributed by atoms with van der Waals surface area (Å²) in [4.78, 5) is 12.0. The van der Waals surface area contributed by atoms with Gasteiger partial charge in [0.1, 0.15) is 0 Å². The van der Waals surface area contributed by atoms with Crippen molar-refractivity contribution in [3.63, 3.8) is 0 Å². The van der Waals surface area contributed by atoms with Gasteiger partial charge in [-0.15, -0.1) is 0 Å². The lowest BCUT2D eigenvalue weighted by Crippen LogP contribution is -2.07. The van der Waals surface area contributed by atoms with E-state index in [9.17, 15) is 9.90 Å². The molecular formula is C17H15N3O3. The molecule has 3 aromatic rings. The lowest BCUT2D eigenvalue weighted by Gasteiger charge is -2.04. The van der Waals surface area contributed by atoms with Crippen molar-refractivity contribution < 1.29 is 14.6 Å². The van der Waals surface area contributed by atoms with Crippen molar-refractivity contribution in [2.75, 3.05) is 12.4 Å². The molecule has 116 valence electrons. The summed E-state index contributed by atoms with van der Waals surface area (Å²) >= 11 is 0. The minimum atomic E-state index is -0.261. The van der Waals surface area contributed by atoms with Crippen molar-refractivity contribution in [2.24, 2.45) is 0 Å². The number of aromatic hydroxyl groups is 1. The summed E-state index contributed by atoms with van der Waals surface area (Å²) < 4.78 is 4.97. The number of aromatic nitrogens is 2. The molecule has 0 aliphatic carbocycles. The Morgan fingerprint density at radius 3 is 2.96 bits per heavy atom. The number of hydrogen-bond donors (Lipinski definition) is 3. The molecule has 1 amide bonds. The van der Waals surface area contributed by atoms with E-state index < -0.39 is 0 Å². The van der Waals surface area contributed by atoms with Crippen LogP contribution in [0.5, 0.6) is 11.5 Å². The van der Waals surface area contributed by atoms with Crippen LogP contribution in [0.25, 0.3) is 17.0 Å². The Morgan fingerprint density at radius 1 is 1.30 bits per heavy atom. The fourth-order valence-electron chi connectivity index (χ4n) is 2.19. The molecule has 0 spiro atoms. The monoisotopic (exact) mass is 309 g/mol. The first-order valence-corrected chi connectivity index (χ1v) is 6.95. The zero-order valence-electron chi connectivity index (χ0n) is 12.4. The van der Waals surface area contributed by atoms with E-state index in [0.717, 1.165) is 10.9 Å². The number of benzene rings is 2. The Balaban J connectivity index is 1.69. The number of ether oxygens (including phenoxy) is 1. The van der Waals surface area contributed by atoms with Crippen LogP contribution in [0.1, 0.15) is 5.56 Å². The second kappa shape index (κ2) is 6.23. The maximum atomic E-state index is 12.0. The van der Waals surface area contributed by atoms with Gasteiger partial charge in [-0.1, -0.05) is 6.07 Å². The molecule has 6 nitrogen and oxygen atoms in total. The van der Waals surface area contributed by atoms with E-state index in [2.05, 4.69) is 15.5 Å². The highest BCUT2D eigenvalue weighted by Crippen LogP contribution is 2.26. The maximum Gasteiger partial charge on any atom is 0.248 e. The van der Waals surface area contributed by atoms with E-state index in [-0.39, 0.29) is 11.7 Å². The third kappa shape index (κ3) is 3.32. The van der Waals surface area contributed by atoms with Crippen LogP contribution in [0.4, 0.5) is 5.69 Å². The van der Waals surface area contributed by atoms with E-state index in [1.54, 1.807) is 30.5 Å². The number of H-pyrrole nitrogens is 1. The number of methoxy groups -OCH3 is 1. The Bertz CT molecular complexity index is 884. The van der Waals surface area contributed by atoms with Gasteiger partial charge in [0.05, 0.1) is 18.8 Å². The number of aromatic amines is 1. The number of amides is 1. The Labute approximate surface area is 132 Å². The molecule has 0 fully saturated rings. The molecule has 0 radical (unpaired) electrons. The van der Waals surface area contributed by atoms with E-state index in [1.165, 1.54) is 19.3 Å². The van der Waals surface area contributed by atoms with Crippen molar-refractivity contribution in [3.8, 4) is 11.5 Å². The third-order valence-electron chi connectivity index (χ3n) is 3.34. The highest BCUT2D eigenvalue weighted by Gasteiger charge is 2.03. The molecule has 23 heavy (non-hydrogen) atoms. The van der Waals surface area contributed by atoms with Crippen LogP contribution in [0.15, 0.2) is 48.7 Å². The lowest BCUT2D eigenvalue weighted by atomic mass is 10.2. The largest absolute Gasteiger partial charge is 0.504 e. The van der Waals surface area contributed by atoms with Crippen LogP contribution in [-0.4, -0.2) is 28.3 Å². The van der Waals surface area contributed by atoms with Gasteiger partial charge in [-0.2, -0.15) is 5.10 Å². The Morgan fingerprint density at radius 2 is 2.17 bits per heavy atom. The number of hydrogen-bond acceptors (Lipinski definition) is 4. The lowest BCUT2D eigenvalue weighted by molar-refractivity contribution is -0.111. The van der Waals surface area contributed by atoms with Gasteiger partial charge in [0.25, 0.3) is 0 Å². The SMILES string of the molecule is COc1ccc(/C=C/C(=O)Nc2ccc3[nH]ncc3c2)cc1O. The van der Waals surface area contributed by atoms with E-state index in [4.69, 9.17) is 4.74 Å². The third-order valence-corrected chi connectivity index (χ3v) is 3.34. The van der Waals surface area contributed by atoms with Crippen LogP contribution in [0, 0.1) is 0 Å². The molecule has 0 aliphatic rings. The summed E-state index contributed by atoms with van der Waals surface area (Å²) in [6.45, 7) is 0. The summed E-state index contributed by atoms with van der Waals surface area (Å²) in [5.74, 6) is 0.156. The topological polar surface area (TPSA) is 87.2 Å². The van der Waals surface area contributed by atoms with Gasteiger partial charge in [0.15, 0.2) is 11.5 Å². The van der Waals surface area contributed by atoms with Crippen molar-refractivity contribution in [1.29, 1.82) is 0 Å². The second-order valence-corrected chi connectivity index (χ2v) is 4.93. The van der Waals surface area contributed by atoms with Gasteiger partial charge in [0.2, 0.25) is 5.91 Å². The predicted molar refractivity (Wildman–Crippen MR) is 88.4 cm³/mol. The van der Waals surface area contributed by atoms with E-state index in [0.29, 0.717) is 17.0 Å². The molecule has 0 saturated carbocycles. The number of carbonyl (C=O) groups excluding carboxylic acids is 1. The molecule has 0 aliphatic heterocycles. The summed E-state index contributed by atoms with van der Waals surface area (Å²) in [6.07, 6.45) is 4.71. The smallest absolute Gasteiger partial charge is 0.248 e. The number of fused-ring (bicyclic) bond motifs is 1. The fraction of sp³-hybridized carbons (Fsp3) is 0.0588. The molecule has 0 saturated heterocycles. The van der Waals surface area contributed by atoms with Crippen molar-refractivity contribution in [1.82, 2.24) is 10.2 Å². The Hall–Kier alpha value is -3.28. The normalized spacial score (nSPS) is 11.0. The van der Waals surface area contributed by atoms with Crippen LogP contribution >= 0.6 is 0 Å². The number of carbonyl (C=O) groups is 1. The maximum absolute atomic E-state index is 12.0. The van der Waals surface area contributed by atoms with Gasteiger partial charge < -0.3 is 15.2 Å². The number of phenols is 1. The van der Waals surface area contributed by atoms with Crippen LogP contribution in [-0.2, 0) is 4.79 Å². The number of phenolic OH excluding ortho intramolecular Hbond substituents is 1. The number of nitrogens with zero attached hydrogens (tertiary/aromatic N) is 1. The molecule has 6 heteroatoms. The molecule has 2 aromatic carbocycles. The van der Waals surface area contributed by atoms with E-state index in [1.807, 2.05) is 12.1 Å². The summed E-state index contributed by atoms with van der Waals surface area (Å²) in [5, 5.41) is 20.2. The fourth-order valence-corrected chi connectivity index (χ4v) is 2.19.